The molecular weight excluding hydrogens is 891 g/mol. The predicted octanol–water partition coefficient (Wildman–Crippen LogP) is 1.91. The van der Waals surface area contributed by atoms with Crippen molar-refractivity contribution < 1.29 is 80.5 Å². The van der Waals surface area contributed by atoms with Crippen molar-refractivity contribution in [1.82, 2.24) is 30.2 Å². The summed E-state index contributed by atoms with van der Waals surface area (Å²) >= 11 is 1.03. The number of aliphatic hydroxyl groups is 2. The van der Waals surface area contributed by atoms with Crippen molar-refractivity contribution >= 4 is 69.1 Å². The molecule has 0 bridgehead atoms. The summed E-state index contributed by atoms with van der Waals surface area (Å²) in [6.07, 6.45) is 8.04. The number of ether oxygens (including phenoxy) is 1. The molecule has 10 N–H and O–H groups in total. The average Bonchev–Trinajstić information content (AvgIpc) is 3.73. The van der Waals surface area contributed by atoms with Gasteiger partial charge in [-0.1, -0.05) is 62.9 Å². The third kappa shape index (κ3) is 17.8. The highest BCUT2D eigenvalue weighted by molar-refractivity contribution is 8.14. The van der Waals surface area contributed by atoms with Crippen LogP contribution in [0.4, 0.5) is 5.82 Å². The third-order valence-corrected chi connectivity index (χ3v) is 12.3. The molecule has 0 radical (unpaired) electrons. The van der Waals surface area contributed by atoms with E-state index in [1.807, 2.05) is 0 Å². The largest absolute Gasteiger partial charge is 0.481 e. The number of hydrogen-bond acceptors (Lipinski definition) is 18. The number of imidazole rings is 1. The number of nitrogens with two attached hydrogens (primary N) is 1. The van der Waals surface area contributed by atoms with Crippen molar-refractivity contribution in [2.45, 2.75) is 83.5 Å². The molecule has 342 valence electrons. The molecule has 3 rings (SSSR count). The highest BCUT2D eigenvalue weighted by atomic mass is 32.2. The van der Waals surface area contributed by atoms with Gasteiger partial charge in [-0.25, -0.2) is 28.6 Å². The molecule has 1 fully saturated rings. The number of rotatable bonds is 26. The lowest BCUT2D eigenvalue weighted by Gasteiger charge is -2.30. The molecule has 2 amide bonds. The van der Waals surface area contributed by atoms with Crippen LogP contribution in [0.1, 0.15) is 59.1 Å². The number of thioether (sulfide) groups is 1. The minimum absolute atomic E-state index is 0.0296. The van der Waals surface area contributed by atoms with Crippen LogP contribution in [0.15, 0.2) is 49.1 Å². The van der Waals surface area contributed by atoms with E-state index in [-0.39, 0.29) is 41.6 Å². The zero-order chi connectivity index (χ0) is 45.4. The standard InChI is InChI=1S/C33H52N7O17P3S/c1-4-5-6-7-8-9-10-11-12-13-24(42)61-17-16-35-23(41)14-15-36-31(45)28(44)33(2,3)19-54-60(51,52)57-59(49,50)53-18-22-27(56-58(46,47)48)26(43)32(55-22)40-21-39-25-29(34)37-20-38-30(25)40/h5-6,8-9,12-13,20-22,26-28,32,43-44H,4,7,10-11,14-19H2,1-3H3,(H,35,41)(H,36,45)(H,49,50)(H,51,52)(H2,34,37,38)(H2,46,47,48)/b6-5-,9-8-,13-12+/t22-,26-,27-,28+,32-/m1/s1. The molecule has 61 heavy (non-hydrogen) atoms. The number of carbonyl (C=O) groups excluding carboxylic acids is 3. The number of nitrogens with zero attached hydrogens (tertiary/aromatic N) is 4. The summed E-state index contributed by atoms with van der Waals surface area (Å²) in [7, 11) is -16.4. The SMILES string of the molecule is CC/C=C\C/C=C\CC/C=C/C(=O)SCCNC(=O)CCNC(=O)[C@H](O)C(C)(C)COP(=O)(O)OP(=O)(O)OC[C@H]1O[C@@H](n2cnc3c(N)ncnc32)[C@H](O)[C@@H]1OP(=O)(O)O. The number of unbranched alkanes of at least 4 members (excludes halogenated alkanes) is 1. The fourth-order valence-electron chi connectivity index (χ4n) is 5.26. The Morgan fingerprint density at radius 3 is 2.39 bits per heavy atom. The summed E-state index contributed by atoms with van der Waals surface area (Å²) < 4.78 is 62.2. The van der Waals surface area contributed by atoms with Gasteiger partial charge in [0.25, 0.3) is 0 Å². The first-order valence-electron chi connectivity index (χ1n) is 18.6. The number of fused-ring (bicyclic) bond motifs is 1. The molecule has 2 aromatic rings. The number of phosphoric ester groups is 3. The lowest BCUT2D eigenvalue weighted by Crippen LogP contribution is -2.46. The maximum absolute atomic E-state index is 12.7. The fourth-order valence-corrected chi connectivity index (χ4v) is 8.68. The molecule has 7 atom stereocenters. The number of amides is 2. The number of allylic oxidation sites excluding steroid dienone is 5. The van der Waals surface area contributed by atoms with Gasteiger partial charge in [0.15, 0.2) is 17.7 Å². The van der Waals surface area contributed by atoms with Gasteiger partial charge in [-0.3, -0.25) is 32.5 Å². The van der Waals surface area contributed by atoms with Crippen LogP contribution in [0.25, 0.3) is 11.2 Å². The maximum atomic E-state index is 12.7. The topological polar surface area (TPSA) is 364 Å². The van der Waals surface area contributed by atoms with Gasteiger partial charge >= 0.3 is 23.5 Å². The summed E-state index contributed by atoms with van der Waals surface area (Å²) in [5.74, 6) is -1.14. The van der Waals surface area contributed by atoms with Gasteiger partial charge in [0.2, 0.25) is 16.9 Å². The summed E-state index contributed by atoms with van der Waals surface area (Å²) in [5, 5.41) is 26.3. The number of aliphatic hydroxyl groups excluding tert-OH is 2. The van der Waals surface area contributed by atoms with Crippen molar-refractivity contribution in [3.63, 3.8) is 0 Å². The Balaban J connectivity index is 1.41. The van der Waals surface area contributed by atoms with Crippen LogP contribution in [-0.2, 0) is 50.7 Å². The van der Waals surface area contributed by atoms with Crippen molar-refractivity contribution in [3.8, 4) is 0 Å². The van der Waals surface area contributed by atoms with Crippen LogP contribution in [0.3, 0.4) is 0 Å². The first-order valence-corrected chi connectivity index (χ1v) is 24.1. The van der Waals surface area contributed by atoms with Crippen molar-refractivity contribution in [2.24, 2.45) is 5.41 Å². The molecule has 0 saturated carbocycles. The summed E-state index contributed by atoms with van der Waals surface area (Å²) in [6, 6.07) is 0. The van der Waals surface area contributed by atoms with E-state index in [1.165, 1.54) is 19.9 Å². The monoisotopic (exact) mass is 943 g/mol. The Kier molecular flexibility index (Phi) is 20.5. The number of nitrogen functional groups attached to an aromatic ring is 1. The average molecular weight is 944 g/mol. The predicted molar refractivity (Wildman–Crippen MR) is 219 cm³/mol. The molecule has 3 heterocycles. The number of carbonyl (C=O) groups is 3. The van der Waals surface area contributed by atoms with Crippen molar-refractivity contribution in [2.75, 3.05) is 37.8 Å². The molecule has 2 unspecified atom stereocenters. The van der Waals surface area contributed by atoms with Gasteiger partial charge in [0, 0.05) is 30.7 Å². The Labute approximate surface area is 354 Å². The Bertz CT molecular complexity index is 2030. The quantitative estimate of drug-likeness (QED) is 0.0281. The van der Waals surface area contributed by atoms with E-state index < -0.39 is 84.6 Å². The molecular formula is C33H52N7O17P3S. The van der Waals surface area contributed by atoms with Gasteiger partial charge in [0.05, 0.1) is 19.5 Å². The summed E-state index contributed by atoms with van der Waals surface area (Å²) in [4.78, 5) is 87.8. The van der Waals surface area contributed by atoms with Gasteiger partial charge in [0.1, 0.15) is 36.3 Å². The normalized spacial score (nSPS) is 21.3. The van der Waals surface area contributed by atoms with Crippen LogP contribution in [0, 0.1) is 5.41 Å². The van der Waals surface area contributed by atoms with E-state index >= 15 is 0 Å². The fraction of sp³-hybridized carbons (Fsp3) is 0.576. The first kappa shape index (κ1) is 52.1. The second-order valence-corrected chi connectivity index (χ2v) is 19.1. The van der Waals surface area contributed by atoms with Gasteiger partial charge in [-0.2, -0.15) is 4.31 Å². The highest BCUT2D eigenvalue weighted by Gasteiger charge is 2.50. The van der Waals surface area contributed by atoms with Crippen molar-refractivity contribution in [1.29, 1.82) is 0 Å². The molecule has 28 heteroatoms. The summed E-state index contributed by atoms with van der Waals surface area (Å²) in [5.41, 5.74) is 4.26. The number of phosphoric acid groups is 3. The lowest BCUT2D eigenvalue weighted by atomic mass is 9.87. The Morgan fingerprint density at radius 1 is 1.00 bits per heavy atom. The third-order valence-electron chi connectivity index (χ3n) is 8.34. The van der Waals surface area contributed by atoms with Crippen LogP contribution in [0.2, 0.25) is 0 Å². The molecule has 24 nitrogen and oxygen atoms in total. The minimum Gasteiger partial charge on any atom is -0.386 e. The molecule has 1 aliphatic rings. The molecule has 1 aliphatic heterocycles. The number of aromatic nitrogens is 4. The van der Waals surface area contributed by atoms with E-state index in [0.717, 1.165) is 54.7 Å². The van der Waals surface area contributed by atoms with E-state index in [4.69, 9.17) is 19.5 Å². The minimum atomic E-state index is -5.58. The first-order chi connectivity index (χ1) is 28.6. The molecule has 0 aromatic carbocycles. The zero-order valence-electron chi connectivity index (χ0n) is 33.4. The van der Waals surface area contributed by atoms with Crippen LogP contribution in [0.5, 0.6) is 0 Å². The van der Waals surface area contributed by atoms with Gasteiger partial charge < -0.3 is 50.9 Å². The number of nitrogens with one attached hydrogen (secondary N) is 2. The van der Waals surface area contributed by atoms with Crippen LogP contribution in [-0.4, -0.2) is 123 Å². The highest BCUT2D eigenvalue weighted by Crippen LogP contribution is 2.61. The van der Waals surface area contributed by atoms with E-state index in [2.05, 4.69) is 65.6 Å². The molecule has 0 aliphatic carbocycles. The molecule has 0 spiro atoms. The number of hydrogen-bond donors (Lipinski definition) is 9. The van der Waals surface area contributed by atoms with Crippen molar-refractivity contribution in [3.05, 3.63) is 49.1 Å². The van der Waals surface area contributed by atoms with E-state index in [9.17, 15) is 57.9 Å². The Morgan fingerprint density at radius 2 is 1.69 bits per heavy atom. The number of anilines is 1. The van der Waals surface area contributed by atoms with Gasteiger partial charge in [-0.05, 0) is 31.8 Å². The van der Waals surface area contributed by atoms with E-state index in [0.29, 0.717) is 5.75 Å². The second kappa shape index (κ2) is 24.0. The van der Waals surface area contributed by atoms with E-state index in [1.54, 1.807) is 6.08 Å². The zero-order valence-corrected chi connectivity index (χ0v) is 36.9. The molecule has 1 saturated heterocycles. The lowest BCUT2D eigenvalue weighted by molar-refractivity contribution is -0.137. The maximum Gasteiger partial charge on any atom is 0.481 e. The second-order valence-electron chi connectivity index (χ2n) is 13.8. The smallest absolute Gasteiger partial charge is 0.386 e. The van der Waals surface area contributed by atoms with Crippen LogP contribution >= 0.6 is 35.2 Å². The van der Waals surface area contributed by atoms with Crippen LogP contribution < -0.4 is 16.4 Å². The summed E-state index contributed by atoms with van der Waals surface area (Å²) in [6.45, 7) is 2.54. The molecule has 2 aromatic heterocycles. The Hall–Kier alpha value is -3.22. The van der Waals surface area contributed by atoms with Gasteiger partial charge in [-0.15, -0.1) is 0 Å².